The van der Waals surface area contributed by atoms with E-state index < -0.39 is 12.3 Å². The van der Waals surface area contributed by atoms with Crippen LogP contribution in [0.2, 0.25) is 0 Å². The number of hydrogen-bond donors (Lipinski definition) is 3. The van der Waals surface area contributed by atoms with Crippen LogP contribution in [0.4, 0.5) is 0 Å². The maximum absolute atomic E-state index is 12.3. The number of carboxylic acids is 1. The summed E-state index contributed by atoms with van der Waals surface area (Å²) in [5, 5.41) is 21.3. The van der Waals surface area contributed by atoms with Crippen LogP contribution < -0.4 is 5.32 Å². The second-order valence-corrected chi connectivity index (χ2v) is 12.2. The van der Waals surface area contributed by atoms with Gasteiger partial charge in [-0.05, 0) is 52.8 Å². The number of benzene rings is 4. The molecule has 3 atom stereocenters. The van der Waals surface area contributed by atoms with Gasteiger partial charge in [-0.2, -0.15) is 0 Å². The zero-order valence-electron chi connectivity index (χ0n) is 25.1. The van der Waals surface area contributed by atoms with E-state index in [0.717, 1.165) is 45.6 Å². The van der Waals surface area contributed by atoms with E-state index in [9.17, 15) is 14.7 Å². The number of carbonyl (C=O) groups is 2. The van der Waals surface area contributed by atoms with Gasteiger partial charge in [0, 0.05) is 42.0 Å². The van der Waals surface area contributed by atoms with Crippen molar-refractivity contribution in [1.29, 1.82) is 0 Å². The largest absolute Gasteiger partial charge is 0.481 e. The Balaban J connectivity index is 1.27. The zero-order chi connectivity index (χ0) is 31.4. The number of thioether (sulfide) groups is 1. The highest BCUT2D eigenvalue weighted by Gasteiger charge is 2.32. The number of aliphatic carboxylic acids is 1. The molecule has 4 aromatic rings. The zero-order valence-corrected chi connectivity index (χ0v) is 26.0. The number of aliphatic hydroxyl groups excluding tert-OH is 1. The smallest absolute Gasteiger partial charge is 0.303 e. The third-order valence-electron chi connectivity index (χ3n) is 7.83. The highest BCUT2D eigenvalue weighted by Crippen LogP contribution is 2.40. The Morgan fingerprint density at radius 3 is 2.22 bits per heavy atom. The lowest BCUT2D eigenvalue weighted by atomic mass is 9.97. The summed E-state index contributed by atoms with van der Waals surface area (Å²) in [6.07, 6.45) is 1.45. The van der Waals surface area contributed by atoms with Gasteiger partial charge in [0.2, 0.25) is 5.91 Å². The van der Waals surface area contributed by atoms with E-state index in [2.05, 4.69) is 29.6 Å². The van der Waals surface area contributed by atoms with Crippen LogP contribution in [-0.4, -0.2) is 33.9 Å². The first-order valence-electron chi connectivity index (χ1n) is 15.3. The van der Waals surface area contributed by atoms with Crippen molar-refractivity contribution in [2.24, 2.45) is 0 Å². The number of nitrogens with one attached hydrogen (secondary N) is 1. The first kappa shape index (κ1) is 32.4. The molecule has 8 heteroatoms. The fourth-order valence-corrected chi connectivity index (χ4v) is 6.29. The molecule has 0 aromatic heterocycles. The molecule has 1 aliphatic heterocycles. The molecule has 0 bridgehead atoms. The molecule has 3 N–H and O–H groups in total. The summed E-state index contributed by atoms with van der Waals surface area (Å²) in [5.74, 6) is -0.129. The van der Waals surface area contributed by atoms with E-state index in [1.807, 2.05) is 78.9 Å². The Hall–Kier alpha value is -3.95. The number of carboxylic acid groups (broad SMARTS) is 1. The van der Waals surface area contributed by atoms with Crippen LogP contribution in [0.5, 0.6) is 0 Å². The molecule has 5 rings (SSSR count). The second-order valence-electron chi connectivity index (χ2n) is 11.1. The number of unbranched alkanes of at least 4 members (excludes halogenated alkanes) is 1. The lowest BCUT2D eigenvalue weighted by molar-refractivity contribution is -0.245. The van der Waals surface area contributed by atoms with Gasteiger partial charge in [-0.25, -0.2) is 0 Å². The van der Waals surface area contributed by atoms with E-state index in [1.54, 1.807) is 11.8 Å². The molecule has 1 fully saturated rings. The molecule has 0 saturated carbocycles. The van der Waals surface area contributed by atoms with E-state index in [-0.39, 0.29) is 31.1 Å². The molecule has 1 heterocycles. The van der Waals surface area contributed by atoms with Crippen molar-refractivity contribution in [3.8, 4) is 11.1 Å². The third-order valence-corrected chi connectivity index (χ3v) is 8.97. The average molecular weight is 626 g/mol. The fourth-order valence-electron chi connectivity index (χ4n) is 5.35. The molecule has 45 heavy (non-hydrogen) atoms. The predicted molar refractivity (Wildman–Crippen MR) is 175 cm³/mol. The molecule has 4 aromatic carbocycles. The van der Waals surface area contributed by atoms with Crippen LogP contribution in [-0.2, 0) is 32.2 Å². The molecule has 0 spiro atoms. The SMILES string of the molecule is O=C(O)CCCCC(=O)NCc1ccccc1-c1ccc([C@@H]2O[C@H](CSc3ccccc3)C[C@H](c3ccc(CO)cc3)O2)cc1. The molecule has 7 nitrogen and oxygen atoms in total. The number of rotatable bonds is 14. The van der Waals surface area contributed by atoms with Crippen LogP contribution >= 0.6 is 11.8 Å². The molecular formula is C37H39NO6S. The summed E-state index contributed by atoms with van der Waals surface area (Å²) < 4.78 is 13.0. The van der Waals surface area contributed by atoms with Crippen molar-refractivity contribution in [2.75, 3.05) is 5.75 Å². The summed E-state index contributed by atoms with van der Waals surface area (Å²) in [5.41, 5.74) is 5.90. The van der Waals surface area contributed by atoms with Gasteiger partial charge in [0.15, 0.2) is 6.29 Å². The number of hydrogen-bond acceptors (Lipinski definition) is 6. The minimum absolute atomic E-state index is 0.00429. The second kappa shape index (κ2) is 16.4. The highest BCUT2D eigenvalue weighted by atomic mass is 32.2. The number of carbonyl (C=O) groups excluding carboxylic acids is 1. The number of aliphatic hydroxyl groups is 1. The van der Waals surface area contributed by atoms with Crippen molar-refractivity contribution in [2.45, 2.75) is 68.6 Å². The van der Waals surface area contributed by atoms with E-state index in [0.29, 0.717) is 25.8 Å². The Morgan fingerprint density at radius 2 is 1.49 bits per heavy atom. The predicted octanol–water partition coefficient (Wildman–Crippen LogP) is 7.44. The normalized spacial score (nSPS) is 17.9. The topological polar surface area (TPSA) is 105 Å². The molecule has 234 valence electrons. The molecule has 0 aliphatic carbocycles. The van der Waals surface area contributed by atoms with Crippen molar-refractivity contribution in [1.82, 2.24) is 5.32 Å². The summed E-state index contributed by atoms with van der Waals surface area (Å²) >= 11 is 1.77. The summed E-state index contributed by atoms with van der Waals surface area (Å²) in [4.78, 5) is 24.2. The van der Waals surface area contributed by atoms with Crippen molar-refractivity contribution < 1.29 is 29.3 Å². The first-order chi connectivity index (χ1) is 22.0. The number of amides is 1. The standard InChI is InChI=1S/C37H39NO6S/c39-24-26-14-16-28(17-15-26)34-22-31(25-45-32-9-2-1-3-10-32)43-37(44-34)29-20-18-27(19-21-29)33-11-5-4-8-30(33)23-38-35(40)12-6-7-13-36(41)42/h1-5,8-11,14-21,31,34,37,39H,6-7,12-13,22-25H2,(H,38,40)(H,41,42)/t31-,34+,37+/m0/s1. The van der Waals surface area contributed by atoms with Gasteiger partial charge >= 0.3 is 5.97 Å². The van der Waals surface area contributed by atoms with Crippen molar-refractivity contribution >= 4 is 23.6 Å². The molecular weight excluding hydrogens is 586 g/mol. The molecule has 1 amide bonds. The van der Waals surface area contributed by atoms with Gasteiger partial charge in [0.25, 0.3) is 0 Å². The summed E-state index contributed by atoms with van der Waals surface area (Å²) in [6.45, 7) is 0.395. The maximum Gasteiger partial charge on any atom is 0.303 e. The summed E-state index contributed by atoms with van der Waals surface area (Å²) in [6, 6.07) is 34.4. The minimum atomic E-state index is -0.841. The Kier molecular flexibility index (Phi) is 11.8. The highest BCUT2D eigenvalue weighted by molar-refractivity contribution is 7.99. The van der Waals surface area contributed by atoms with Crippen molar-refractivity contribution in [3.63, 3.8) is 0 Å². The van der Waals surface area contributed by atoms with Crippen LogP contribution in [0.3, 0.4) is 0 Å². The third kappa shape index (κ3) is 9.52. The Bertz CT molecular complexity index is 1530. The lowest BCUT2D eigenvalue weighted by Gasteiger charge is -2.36. The molecule has 1 aliphatic rings. The monoisotopic (exact) mass is 625 g/mol. The van der Waals surface area contributed by atoms with E-state index in [4.69, 9.17) is 14.6 Å². The fraction of sp³-hybridized carbons (Fsp3) is 0.297. The maximum atomic E-state index is 12.3. The van der Waals surface area contributed by atoms with Gasteiger partial charge in [-0.15, -0.1) is 11.8 Å². The van der Waals surface area contributed by atoms with Crippen molar-refractivity contribution in [3.05, 3.63) is 125 Å². The van der Waals surface area contributed by atoms with Gasteiger partial charge < -0.3 is 25.0 Å². The van der Waals surface area contributed by atoms with Crippen LogP contribution in [0.15, 0.2) is 108 Å². The van der Waals surface area contributed by atoms with Crippen LogP contribution in [0, 0.1) is 0 Å². The van der Waals surface area contributed by atoms with Gasteiger partial charge in [0.1, 0.15) is 0 Å². The molecule has 0 radical (unpaired) electrons. The lowest BCUT2D eigenvalue weighted by Crippen LogP contribution is -2.31. The minimum Gasteiger partial charge on any atom is -0.481 e. The molecule has 1 saturated heterocycles. The molecule has 0 unspecified atom stereocenters. The van der Waals surface area contributed by atoms with Crippen LogP contribution in [0.25, 0.3) is 11.1 Å². The van der Waals surface area contributed by atoms with Gasteiger partial charge in [-0.1, -0.05) is 91.0 Å². The number of ether oxygens (including phenoxy) is 2. The average Bonchev–Trinajstić information content (AvgIpc) is 3.09. The summed E-state index contributed by atoms with van der Waals surface area (Å²) in [7, 11) is 0. The quantitative estimate of drug-likeness (QED) is 0.0988. The van der Waals surface area contributed by atoms with E-state index >= 15 is 0 Å². The van der Waals surface area contributed by atoms with Gasteiger partial charge in [-0.3, -0.25) is 9.59 Å². The Labute approximate surface area is 268 Å². The van der Waals surface area contributed by atoms with Crippen LogP contribution in [0.1, 0.15) is 66.8 Å². The van der Waals surface area contributed by atoms with Gasteiger partial charge in [0.05, 0.1) is 18.8 Å². The first-order valence-corrected chi connectivity index (χ1v) is 16.3. The Morgan fingerprint density at radius 1 is 0.800 bits per heavy atom. The van der Waals surface area contributed by atoms with E-state index in [1.165, 1.54) is 4.90 Å².